The van der Waals surface area contributed by atoms with Crippen LogP contribution in [-0.4, -0.2) is 60.6 Å². The van der Waals surface area contributed by atoms with Gasteiger partial charge in [-0.05, 0) is 61.3 Å². The first-order valence-corrected chi connectivity index (χ1v) is 14.0. The Hall–Kier alpha value is -3.45. The standard InChI is InChI=1S/C32H38FN3O3/c1-38-30-14-13-26(22-34-30)31(37)36-18-16-32(17-19-36)15-7-6-9-25-8-3-5-12-29(25)39-21-20-35(24-32)23-27-10-2-4-11-28(27)33/h2-5,8,10-14,22H,6-7,9,15-21,23-24H2,1H3. The van der Waals surface area contributed by atoms with Crippen molar-refractivity contribution in [3.63, 3.8) is 0 Å². The second-order valence-corrected chi connectivity index (χ2v) is 10.8. The summed E-state index contributed by atoms with van der Waals surface area (Å²) in [6.45, 7) is 4.08. The molecule has 2 aromatic carbocycles. The smallest absolute Gasteiger partial charge is 0.255 e. The van der Waals surface area contributed by atoms with Crippen molar-refractivity contribution in [3.05, 3.63) is 89.4 Å². The topological polar surface area (TPSA) is 54.9 Å². The Bertz CT molecular complexity index is 1240. The second-order valence-electron chi connectivity index (χ2n) is 10.8. The Labute approximate surface area is 230 Å². The number of fused-ring (bicyclic) bond motifs is 1. The summed E-state index contributed by atoms with van der Waals surface area (Å²) in [5.41, 5.74) is 2.61. The summed E-state index contributed by atoms with van der Waals surface area (Å²) in [7, 11) is 1.57. The Kier molecular flexibility index (Phi) is 8.77. The molecule has 3 heterocycles. The van der Waals surface area contributed by atoms with Crippen LogP contribution in [0.4, 0.5) is 4.39 Å². The number of carbonyl (C=O) groups excluding carboxylic acids is 1. The van der Waals surface area contributed by atoms with Crippen LogP contribution in [-0.2, 0) is 13.0 Å². The number of carbonyl (C=O) groups is 1. The number of halogens is 1. The zero-order valence-electron chi connectivity index (χ0n) is 22.8. The molecule has 1 aromatic heterocycles. The van der Waals surface area contributed by atoms with Crippen LogP contribution in [0, 0.1) is 11.2 Å². The highest BCUT2D eigenvalue weighted by Crippen LogP contribution is 2.39. The number of hydrogen-bond acceptors (Lipinski definition) is 5. The minimum atomic E-state index is -0.169. The summed E-state index contributed by atoms with van der Waals surface area (Å²) >= 11 is 0. The van der Waals surface area contributed by atoms with Gasteiger partial charge in [0.05, 0.1) is 12.7 Å². The van der Waals surface area contributed by atoms with E-state index in [2.05, 4.69) is 28.1 Å². The molecular weight excluding hydrogens is 493 g/mol. The summed E-state index contributed by atoms with van der Waals surface area (Å²) in [5, 5.41) is 0. The van der Waals surface area contributed by atoms with Gasteiger partial charge in [0.15, 0.2) is 0 Å². The SMILES string of the molecule is COc1ccc(C(=O)N2CCC3(CCCCc4ccccc4OCCN(Cc4ccccc4F)C3)CC2)cn1. The molecule has 0 aliphatic carbocycles. The van der Waals surface area contributed by atoms with E-state index in [0.29, 0.717) is 49.8 Å². The average molecular weight is 532 g/mol. The molecule has 1 spiro atoms. The molecule has 206 valence electrons. The lowest BCUT2D eigenvalue weighted by Gasteiger charge is -2.45. The van der Waals surface area contributed by atoms with Gasteiger partial charge in [0.2, 0.25) is 5.88 Å². The van der Waals surface area contributed by atoms with Crippen LogP contribution in [0.2, 0.25) is 0 Å². The van der Waals surface area contributed by atoms with Crippen molar-refractivity contribution in [1.82, 2.24) is 14.8 Å². The fraction of sp³-hybridized carbons (Fsp3) is 0.438. The van der Waals surface area contributed by atoms with Gasteiger partial charge >= 0.3 is 0 Å². The van der Waals surface area contributed by atoms with Crippen molar-refractivity contribution >= 4 is 5.91 Å². The Balaban J connectivity index is 1.33. The number of benzene rings is 2. The molecule has 2 aliphatic rings. The lowest BCUT2D eigenvalue weighted by atomic mass is 9.73. The molecule has 0 unspecified atom stereocenters. The van der Waals surface area contributed by atoms with Gasteiger partial charge in [-0.3, -0.25) is 9.69 Å². The van der Waals surface area contributed by atoms with Gasteiger partial charge in [0.1, 0.15) is 18.2 Å². The summed E-state index contributed by atoms with van der Waals surface area (Å²) < 4.78 is 26.0. The monoisotopic (exact) mass is 531 g/mol. The zero-order chi connectivity index (χ0) is 27.1. The molecule has 1 amide bonds. The van der Waals surface area contributed by atoms with Gasteiger partial charge in [-0.15, -0.1) is 0 Å². The van der Waals surface area contributed by atoms with Gasteiger partial charge < -0.3 is 14.4 Å². The third kappa shape index (κ3) is 6.77. The third-order valence-corrected chi connectivity index (χ3v) is 8.26. The van der Waals surface area contributed by atoms with Crippen LogP contribution >= 0.6 is 0 Å². The van der Waals surface area contributed by atoms with Crippen LogP contribution in [0.5, 0.6) is 11.6 Å². The van der Waals surface area contributed by atoms with E-state index in [0.717, 1.165) is 50.8 Å². The highest BCUT2D eigenvalue weighted by molar-refractivity contribution is 5.94. The Morgan fingerprint density at radius 3 is 2.56 bits per heavy atom. The van der Waals surface area contributed by atoms with Crippen LogP contribution in [0.15, 0.2) is 66.9 Å². The molecule has 6 nitrogen and oxygen atoms in total. The molecule has 0 radical (unpaired) electrons. The molecule has 5 rings (SSSR count). The van der Waals surface area contributed by atoms with Crippen LogP contribution in [0.1, 0.15) is 53.6 Å². The number of pyridine rings is 1. The van der Waals surface area contributed by atoms with E-state index < -0.39 is 0 Å². The summed E-state index contributed by atoms with van der Waals surface area (Å²) in [4.78, 5) is 21.7. The number of nitrogens with zero attached hydrogens (tertiary/aromatic N) is 3. The predicted molar refractivity (Wildman–Crippen MR) is 150 cm³/mol. The number of piperidine rings is 1. The largest absolute Gasteiger partial charge is 0.492 e. The number of hydrogen-bond donors (Lipinski definition) is 0. The molecular formula is C32H38FN3O3. The number of likely N-dealkylation sites (tertiary alicyclic amines) is 1. The molecule has 7 heteroatoms. The molecule has 0 atom stereocenters. The summed E-state index contributed by atoms with van der Waals surface area (Å²) in [6, 6.07) is 18.9. The number of amides is 1. The second kappa shape index (κ2) is 12.6. The molecule has 0 N–H and O–H groups in total. The Morgan fingerprint density at radius 2 is 1.79 bits per heavy atom. The van der Waals surface area contributed by atoms with Crippen molar-refractivity contribution < 1.29 is 18.7 Å². The molecule has 0 bridgehead atoms. The first-order valence-electron chi connectivity index (χ1n) is 14.0. The van der Waals surface area contributed by atoms with E-state index in [1.165, 1.54) is 11.6 Å². The average Bonchev–Trinajstić information content (AvgIpc) is 2.97. The van der Waals surface area contributed by atoms with E-state index in [-0.39, 0.29) is 17.1 Å². The van der Waals surface area contributed by atoms with Gasteiger partial charge in [-0.1, -0.05) is 42.8 Å². The summed E-state index contributed by atoms with van der Waals surface area (Å²) in [5.74, 6) is 1.30. The van der Waals surface area contributed by atoms with Gasteiger partial charge in [0, 0.05) is 50.6 Å². The number of methoxy groups -OCH3 is 1. The van der Waals surface area contributed by atoms with Crippen molar-refractivity contribution in [1.29, 1.82) is 0 Å². The minimum absolute atomic E-state index is 0.0152. The highest BCUT2D eigenvalue weighted by Gasteiger charge is 2.37. The fourth-order valence-corrected chi connectivity index (χ4v) is 5.99. The van der Waals surface area contributed by atoms with Crippen LogP contribution < -0.4 is 9.47 Å². The molecule has 1 saturated heterocycles. The van der Waals surface area contributed by atoms with Crippen molar-refractivity contribution in [2.75, 3.05) is 39.9 Å². The first kappa shape index (κ1) is 27.1. The molecule has 1 fully saturated rings. The molecule has 39 heavy (non-hydrogen) atoms. The fourth-order valence-electron chi connectivity index (χ4n) is 5.99. The maximum Gasteiger partial charge on any atom is 0.255 e. The maximum atomic E-state index is 14.7. The highest BCUT2D eigenvalue weighted by atomic mass is 19.1. The predicted octanol–water partition coefficient (Wildman–Crippen LogP) is 5.76. The van der Waals surface area contributed by atoms with Crippen molar-refractivity contribution in [2.45, 2.75) is 45.1 Å². The van der Waals surface area contributed by atoms with E-state index in [4.69, 9.17) is 9.47 Å². The van der Waals surface area contributed by atoms with Crippen molar-refractivity contribution in [3.8, 4) is 11.6 Å². The molecule has 2 aliphatic heterocycles. The number of aryl methyl sites for hydroxylation is 1. The van der Waals surface area contributed by atoms with E-state index >= 15 is 0 Å². The molecule has 0 saturated carbocycles. The van der Waals surface area contributed by atoms with E-state index in [1.807, 2.05) is 23.1 Å². The van der Waals surface area contributed by atoms with Crippen molar-refractivity contribution in [2.24, 2.45) is 5.41 Å². The number of aromatic nitrogens is 1. The van der Waals surface area contributed by atoms with Crippen LogP contribution in [0.3, 0.4) is 0 Å². The maximum absolute atomic E-state index is 14.7. The van der Waals surface area contributed by atoms with Crippen LogP contribution in [0.25, 0.3) is 0 Å². The van der Waals surface area contributed by atoms with E-state index in [1.54, 1.807) is 31.5 Å². The Morgan fingerprint density at radius 1 is 1.00 bits per heavy atom. The van der Waals surface area contributed by atoms with Gasteiger partial charge in [-0.25, -0.2) is 9.37 Å². The van der Waals surface area contributed by atoms with Gasteiger partial charge in [0.25, 0.3) is 5.91 Å². The number of ether oxygens (including phenoxy) is 2. The number of para-hydroxylation sites is 1. The normalized spacial score (nSPS) is 18.4. The minimum Gasteiger partial charge on any atom is -0.492 e. The number of rotatable bonds is 4. The summed E-state index contributed by atoms with van der Waals surface area (Å²) in [6.07, 6.45) is 7.74. The quantitative estimate of drug-likeness (QED) is 0.429. The third-order valence-electron chi connectivity index (χ3n) is 8.26. The lowest BCUT2D eigenvalue weighted by molar-refractivity contribution is 0.0358. The van der Waals surface area contributed by atoms with E-state index in [9.17, 15) is 9.18 Å². The first-order chi connectivity index (χ1) is 19.0. The zero-order valence-corrected chi connectivity index (χ0v) is 22.8. The van der Waals surface area contributed by atoms with Gasteiger partial charge in [-0.2, -0.15) is 0 Å². The molecule has 3 aromatic rings. The lowest BCUT2D eigenvalue weighted by Crippen LogP contribution is -2.48.